The van der Waals surface area contributed by atoms with Crippen molar-refractivity contribution >= 4 is 21.4 Å². The van der Waals surface area contributed by atoms with Crippen LogP contribution in [-0.4, -0.2) is 30.9 Å². The highest BCUT2D eigenvalue weighted by Gasteiger charge is 2.29. The van der Waals surface area contributed by atoms with Gasteiger partial charge in [-0.25, -0.2) is 8.42 Å². The highest BCUT2D eigenvalue weighted by atomic mass is 32.2. The minimum absolute atomic E-state index is 0.107. The van der Waals surface area contributed by atoms with Crippen LogP contribution in [0.4, 0.5) is 0 Å². The van der Waals surface area contributed by atoms with Gasteiger partial charge in [0.25, 0.3) is 10.0 Å². The molecule has 0 bridgehead atoms. The van der Waals surface area contributed by atoms with Gasteiger partial charge in [0, 0.05) is 13.1 Å². The monoisotopic (exact) mass is 289 g/mol. The van der Waals surface area contributed by atoms with Crippen LogP contribution in [0.25, 0.3) is 0 Å². The highest BCUT2D eigenvalue weighted by molar-refractivity contribution is 7.91. The van der Waals surface area contributed by atoms with Gasteiger partial charge in [-0.15, -0.1) is 11.3 Å². The summed E-state index contributed by atoms with van der Waals surface area (Å²) in [4.78, 5) is 0. The molecular formula is C12H19NO3S2. The van der Waals surface area contributed by atoms with E-state index in [1.54, 1.807) is 15.8 Å². The van der Waals surface area contributed by atoms with E-state index in [1.165, 1.54) is 11.3 Å². The lowest BCUT2D eigenvalue weighted by Gasteiger charge is -2.30. The van der Waals surface area contributed by atoms with E-state index in [2.05, 4.69) is 6.92 Å². The zero-order valence-electron chi connectivity index (χ0n) is 10.5. The zero-order valence-corrected chi connectivity index (χ0v) is 12.1. The Kier molecular flexibility index (Phi) is 4.42. The molecule has 1 aliphatic rings. The summed E-state index contributed by atoms with van der Waals surface area (Å²) in [5, 5.41) is 10.7. The largest absolute Gasteiger partial charge is 0.392 e. The molecule has 1 saturated heterocycles. The van der Waals surface area contributed by atoms with E-state index in [4.69, 9.17) is 5.11 Å². The molecule has 1 aliphatic heterocycles. The Labute approximate surface area is 112 Å². The summed E-state index contributed by atoms with van der Waals surface area (Å²) in [6.07, 6.45) is 3.03. The molecule has 2 rings (SSSR count). The van der Waals surface area contributed by atoms with Gasteiger partial charge in [-0.3, -0.25) is 0 Å². The third-order valence-corrected chi connectivity index (χ3v) is 6.92. The fraction of sp³-hybridized carbons (Fsp3) is 0.667. The first-order valence-corrected chi connectivity index (χ1v) is 8.58. The number of thiophene rings is 1. The summed E-state index contributed by atoms with van der Waals surface area (Å²) in [7, 11) is -3.34. The van der Waals surface area contributed by atoms with Crippen molar-refractivity contribution in [3.8, 4) is 0 Å². The molecular weight excluding hydrogens is 270 g/mol. The summed E-state index contributed by atoms with van der Waals surface area (Å²) < 4.78 is 26.7. The van der Waals surface area contributed by atoms with Crippen LogP contribution in [0.15, 0.2) is 15.7 Å². The Morgan fingerprint density at radius 3 is 2.61 bits per heavy atom. The topological polar surface area (TPSA) is 57.6 Å². The van der Waals surface area contributed by atoms with Gasteiger partial charge in [-0.1, -0.05) is 13.3 Å². The number of rotatable bonds is 4. The summed E-state index contributed by atoms with van der Waals surface area (Å²) in [5.41, 5.74) is 0.669. The summed E-state index contributed by atoms with van der Waals surface area (Å²) in [6.45, 7) is 3.28. The standard InChI is InChI=1S/C12H19NO3S2/c1-2-10-3-5-13(6-4-10)18(15,16)12-7-11(8-14)9-17-12/h7,9-10,14H,2-6,8H2,1H3. The Morgan fingerprint density at radius 1 is 1.44 bits per heavy atom. The first-order chi connectivity index (χ1) is 8.57. The second-order valence-corrected chi connectivity index (χ2v) is 7.76. The van der Waals surface area contributed by atoms with Crippen molar-refractivity contribution in [1.82, 2.24) is 4.31 Å². The van der Waals surface area contributed by atoms with Crippen LogP contribution in [0.1, 0.15) is 31.7 Å². The van der Waals surface area contributed by atoms with E-state index in [1.807, 2.05) is 0 Å². The lowest BCUT2D eigenvalue weighted by Crippen LogP contribution is -2.37. The van der Waals surface area contributed by atoms with Crippen LogP contribution in [0, 0.1) is 5.92 Å². The number of hydrogen-bond acceptors (Lipinski definition) is 4. The Bertz CT molecular complexity index is 487. The molecule has 1 N–H and O–H groups in total. The zero-order chi connectivity index (χ0) is 13.2. The minimum Gasteiger partial charge on any atom is -0.392 e. The van der Waals surface area contributed by atoms with Crippen molar-refractivity contribution in [3.63, 3.8) is 0 Å². The van der Waals surface area contributed by atoms with Crippen LogP contribution >= 0.6 is 11.3 Å². The van der Waals surface area contributed by atoms with Crippen molar-refractivity contribution in [2.45, 2.75) is 37.0 Å². The quantitative estimate of drug-likeness (QED) is 0.923. The molecule has 0 unspecified atom stereocenters. The maximum atomic E-state index is 12.4. The normalized spacial score (nSPS) is 19.2. The average Bonchev–Trinajstić information content (AvgIpc) is 2.88. The first kappa shape index (κ1) is 14.0. The van der Waals surface area contributed by atoms with E-state index in [9.17, 15) is 8.42 Å². The number of aliphatic hydroxyl groups is 1. The van der Waals surface area contributed by atoms with Crippen molar-refractivity contribution in [2.24, 2.45) is 5.92 Å². The van der Waals surface area contributed by atoms with Gasteiger partial charge in [0.05, 0.1) is 6.61 Å². The van der Waals surface area contributed by atoms with Gasteiger partial charge in [-0.2, -0.15) is 4.31 Å². The predicted octanol–water partition coefficient (Wildman–Crippen LogP) is 2.05. The van der Waals surface area contributed by atoms with Crippen molar-refractivity contribution in [2.75, 3.05) is 13.1 Å². The number of piperidine rings is 1. The molecule has 2 heterocycles. The minimum atomic E-state index is -3.34. The Balaban J connectivity index is 2.12. The van der Waals surface area contributed by atoms with Crippen LogP contribution in [0.5, 0.6) is 0 Å². The first-order valence-electron chi connectivity index (χ1n) is 6.26. The molecule has 0 spiro atoms. The SMILES string of the molecule is CCC1CCN(S(=O)(=O)c2cc(CO)cs2)CC1. The van der Waals surface area contributed by atoms with E-state index < -0.39 is 10.0 Å². The van der Waals surface area contributed by atoms with E-state index in [0.717, 1.165) is 19.3 Å². The summed E-state index contributed by atoms with van der Waals surface area (Å²) >= 11 is 1.19. The fourth-order valence-corrected chi connectivity index (χ4v) is 5.08. The second-order valence-electron chi connectivity index (χ2n) is 4.69. The van der Waals surface area contributed by atoms with Gasteiger partial charge < -0.3 is 5.11 Å². The molecule has 0 atom stereocenters. The molecule has 1 fully saturated rings. The Hall–Kier alpha value is -0.430. The fourth-order valence-electron chi connectivity index (χ4n) is 2.26. The number of hydrogen-bond donors (Lipinski definition) is 1. The molecule has 1 aromatic rings. The number of aliphatic hydroxyl groups excluding tert-OH is 1. The number of sulfonamides is 1. The molecule has 18 heavy (non-hydrogen) atoms. The maximum Gasteiger partial charge on any atom is 0.252 e. The molecule has 0 radical (unpaired) electrons. The van der Waals surface area contributed by atoms with Gasteiger partial charge in [0.15, 0.2) is 0 Å². The van der Waals surface area contributed by atoms with Crippen molar-refractivity contribution < 1.29 is 13.5 Å². The molecule has 0 amide bonds. The van der Waals surface area contributed by atoms with Crippen LogP contribution in [0.2, 0.25) is 0 Å². The average molecular weight is 289 g/mol. The second kappa shape index (κ2) is 5.69. The molecule has 6 heteroatoms. The smallest absolute Gasteiger partial charge is 0.252 e. The highest BCUT2D eigenvalue weighted by Crippen LogP contribution is 2.28. The molecule has 1 aromatic heterocycles. The van der Waals surface area contributed by atoms with Crippen LogP contribution in [-0.2, 0) is 16.6 Å². The lowest BCUT2D eigenvalue weighted by molar-refractivity contribution is 0.269. The number of nitrogens with zero attached hydrogens (tertiary/aromatic N) is 1. The van der Waals surface area contributed by atoms with Gasteiger partial charge in [0.2, 0.25) is 0 Å². The van der Waals surface area contributed by atoms with Crippen molar-refractivity contribution in [1.29, 1.82) is 0 Å². The van der Waals surface area contributed by atoms with Gasteiger partial charge >= 0.3 is 0 Å². The molecule has 4 nitrogen and oxygen atoms in total. The molecule has 102 valence electrons. The molecule has 0 aliphatic carbocycles. The summed E-state index contributed by atoms with van der Waals surface area (Å²) in [5.74, 6) is 0.660. The van der Waals surface area contributed by atoms with Crippen LogP contribution < -0.4 is 0 Å². The molecule has 0 saturated carbocycles. The predicted molar refractivity (Wildman–Crippen MR) is 72.0 cm³/mol. The third-order valence-electron chi connectivity index (χ3n) is 3.56. The van der Waals surface area contributed by atoms with Gasteiger partial charge in [-0.05, 0) is 35.8 Å². The van der Waals surface area contributed by atoms with Crippen LogP contribution in [0.3, 0.4) is 0 Å². The lowest BCUT2D eigenvalue weighted by atomic mass is 9.96. The van der Waals surface area contributed by atoms with Gasteiger partial charge in [0.1, 0.15) is 4.21 Å². The summed E-state index contributed by atoms with van der Waals surface area (Å²) in [6, 6.07) is 1.58. The third kappa shape index (κ3) is 2.77. The van der Waals surface area contributed by atoms with E-state index in [0.29, 0.717) is 28.8 Å². The van der Waals surface area contributed by atoms with E-state index in [-0.39, 0.29) is 6.61 Å². The Morgan fingerprint density at radius 2 is 2.11 bits per heavy atom. The molecule has 0 aromatic carbocycles. The van der Waals surface area contributed by atoms with Crippen molar-refractivity contribution in [3.05, 3.63) is 17.0 Å². The maximum absolute atomic E-state index is 12.4. The van der Waals surface area contributed by atoms with E-state index >= 15 is 0 Å².